The van der Waals surface area contributed by atoms with Gasteiger partial charge in [0.15, 0.2) is 0 Å². The van der Waals surface area contributed by atoms with Crippen LogP contribution in [0.2, 0.25) is 0 Å². The number of amides is 1. The second kappa shape index (κ2) is 5.97. The number of halogens is 1. The van der Waals surface area contributed by atoms with E-state index < -0.39 is 11.3 Å². The average Bonchev–Trinajstić information content (AvgIpc) is 2.63. The Kier molecular flexibility index (Phi) is 4.89. The minimum absolute atomic E-state index is 0.0312. The fourth-order valence-corrected chi connectivity index (χ4v) is 2.22. The first kappa shape index (κ1) is 13.9. The number of carbonyl (C=O) groups is 2. The maximum atomic E-state index is 11.7. The second-order valence-corrected chi connectivity index (χ2v) is 5.08. The lowest BCUT2D eigenvalue weighted by atomic mass is 10.3. The van der Waals surface area contributed by atoms with Gasteiger partial charge in [-0.05, 0) is 13.8 Å². The van der Waals surface area contributed by atoms with Gasteiger partial charge in [0.1, 0.15) is 10.3 Å². The Bertz CT molecular complexity index is 433. The van der Waals surface area contributed by atoms with Gasteiger partial charge in [0, 0.05) is 6.54 Å². The molecule has 1 heterocycles. The number of rotatable bonds is 4. The highest BCUT2D eigenvalue weighted by atomic mass is 35.5. The van der Waals surface area contributed by atoms with Crippen LogP contribution in [0.1, 0.15) is 20.4 Å². The van der Waals surface area contributed by atoms with Gasteiger partial charge >= 0.3 is 5.97 Å². The van der Waals surface area contributed by atoms with Crippen molar-refractivity contribution < 1.29 is 14.3 Å². The number of esters is 1. The summed E-state index contributed by atoms with van der Waals surface area (Å²) >= 11 is 7.01. The van der Waals surface area contributed by atoms with E-state index in [2.05, 4.69) is 15.0 Å². The highest BCUT2D eigenvalue weighted by Gasteiger charge is 2.19. The molecular weight excluding hydrogens is 264 g/mol. The monoisotopic (exact) mass is 276 g/mol. The smallest absolute Gasteiger partial charge is 0.325 e. The van der Waals surface area contributed by atoms with E-state index in [4.69, 9.17) is 11.6 Å². The van der Waals surface area contributed by atoms with Crippen LogP contribution in [0.4, 0.5) is 0 Å². The van der Waals surface area contributed by atoms with Gasteiger partial charge < -0.3 is 10.1 Å². The molecule has 1 atom stereocenters. The maximum Gasteiger partial charge on any atom is 0.325 e. The molecule has 0 aromatic carbocycles. The lowest BCUT2D eigenvalue weighted by molar-refractivity contribution is -0.140. The van der Waals surface area contributed by atoms with E-state index in [0.717, 1.165) is 5.01 Å². The van der Waals surface area contributed by atoms with Crippen molar-refractivity contribution in [3.63, 3.8) is 0 Å². The van der Waals surface area contributed by atoms with Crippen LogP contribution < -0.4 is 5.32 Å². The molecule has 0 aliphatic rings. The summed E-state index contributed by atoms with van der Waals surface area (Å²) in [6.45, 7) is 3.62. The molecule has 0 fully saturated rings. The lowest BCUT2D eigenvalue weighted by Gasteiger charge is -2.08. The molecule has 0 saturated carbocycles. The molecule has 1 rings (SSSR count). The van der Waals surface area contributed by atoms with Gasteiger partial charge in [-0.2, -0.15) is 0 Å². The van der Waals surface area contributed by atoms with Crippen molar-refractivity contribution in [1.29, 1.82) is 0 Å². The van der Waals surface area contributed by atoms with Crippen LogP contribution in [-0.2, 0) is 9.53 Å². The Morgan fingerprint density at radius 1 is 1.53 bits per heavy atom. The van der Waals surface area contributed by atoms with Gasteiger partial charge in [0.2, 0.25) is 0 Å². The summed E-state index contributed by atoms with van der Waals surface area (Å²) in [7, 11) is 1.25. The van der Waals surface area contributed by atoms with Crippen LogP contribution in [0.15, 0.2) is 0 Å². The van der Waals surface area contributed by atoms with Crippen LogP contribution in [-0.4, -0.2) is 35.9 Å². The number of nitrogens with zero attached hydrogens (tertiary/aromatic N) is 1. The van der Waals surface area contributed by atoms with Crippen LogP contribution in [0.3, 0.4) is 0 Å². The largest absolute Gasteiger partial charge is 0.468 e. The molecule has 1 aromatic rings. The van der Waals surface area contributed by atoms with Crippen molar-refractivity contribution in [1.82, 2.24) is 10.3 Å². The van der Waals surface area contributed by atoms with E-state index in [1.807, 2.05) is 6.92 Å². The first-order chi connectivity index (χ1) is 7.95. The minimum atomic E-state index is -0.877. The van der Waals surface area contributed by atoms with Crippen molar-refractivity contribution in [2.75, 3.05) is 13.7 Å². The molecular formula is C10H13ClN2O3S. The third-order valence-corrected chi connectivity index (χ3v) is 3.41. The highest BCUT2D eigenvalue weighted by molar-refractivity contribution is 7.13. The first-order valence-corrected chi connectivity index (χ1v) is 6.15. The number of carbonyl (C=O) groups excluding carboxylic acids is 2. The molecule has 94 valence electrons. The summed E-state index contributed by atoms with van der Waals surface area (Å²) in [6, 6.07) is 0. The normalized spacial score (nSPS) is 12.0. The molecule has 0 spiro atoms. The number of aryl methyl sites for hydroxylation is 2. The molecule has 1 unspecified atom stereocenters. The summed E-state index contributed by atoms with van der Waals surface area (Å²) in [5, 5.41) is 2.51. The Morgan fingerprint density at radius 2 is 2.18 bits per heavy atom. The van der Waals surface area contributed by atoms with E-state index in [-0.39, 0.29) is 12.5 Å². The zero-order chi connectivity index (χ0) is 13.0. The predicted octanol–water partition coefficient (Wildman–Crippen LogP) is 1.27. The molecule has 0 saturated heterocycles. The number of ether oxygens (including phenoxy) is 1. The summed E-state index contributed by atoms with van der Waals surface area (Å²) < 4.78 is 4.45. The Labute approximate surface area is 108 Å². The molecule has 0 radical (unpaired) electrons. The van der Waals surface area contributed by atoms with Gasteiger partial charge in [-0.1, -0.05) is 0 Å². The lowest BCUT2D eigenvalue weighted by Crippen LogP contribution is -2.34. The number of thiazole rings is 1. The van der Waals surface area contributed by atoms with Crippen LogP contribution in [0.25, 0.3) is 0 Å². The quantitative estimate of drug-likeness (QED) is 0.664. The van der Waals surface area contributed by atoms with Crippen LogP contribution >= 0.6 is 22.9 Å². The number of alkyl halides is 1. The number of methoxy groups -OCH3 is 1. The van der Waals surface area contributed by atoms with Crippen molar-refractivity contribution in [2.24, 2.45) is 0 Å². The fraction of sp³-hybridized carbons (Fsp3) is 0.500. The summed E-state index contributed by atoms with van der Waals surface area (Å²) in [5.41, 5.74) is 0.675. The predicted molar refractivity (Wildman–Crippen MR) is 65.6 cm³/mol. The van der Waals surface area contributed by atoms with Crippen molar-refractivity contribution in [2.45, 2.75) is 19.2 Å². The van der Waals surface area contributed by atoms with E-state index in [9.17, 15) is 9.59 Å². The molecule has 5 nitrogen and oxygen atoms in total. The van der Waals surface area contributed by atoms with Gasteiger partial charge in [-0.25, -0.2) is 4.98 Å². The molecule has 7 heteroatoms. The summed E-state index contributed by atoms with van der Waals surface area (Å²) in [6.07, 6.45) is 0. The molecule has 0 bridgehead atoms. The number of nitrogens with one attached hydrogen (secondary N) is 1. The number of hydrogen-bond acceptors (Lipinski definition) is 5. The Morgan fingerprint density at radius 3 is 2.65 bits per heavy atom. The molecule has 0 aliphatic heterocycles. The van der Waals surface area contributed by atoms with E-state index in [1.54, 1.807) is 6.92 Å². The molecule has 1 amide bonds. The molecule has 0 aliphatic carbocycles. The zero-order valence-corrected chi connectivity index (χ0v) is 11.3. The average molecular weight is 277 g/mol. The SMILES string of the molecule is COC(=O)C(Cl)CNC(=O)c1sc(C)nc1C. The minimum Gasteiger partial charge on any atom is -0.468 e. The van der Waals surface area contributed by atoms with Gasteiger partial charge in [0.05, 0.1) is 17.8 Å². The van der Waals surface area contributed by atoms with Gasteiger partial charge in [-0.15, -0.1) is 22.9 Å². The number of aromatic nitrogens is 1. The maximum absolute atomic E-state index is 11.7. The highest BCUT2D eigenvalue weighted by Crippen LogP contribution is 2.16. The Hall–Kier alpha value is -1.14. The summed E-state index contributed by atoms with van der Waals surface area (Å²) in [5.74, 6) is -0.841. The Balaban J connectivity index is 2.56. The second-order valence-electron chi connectivity index (χ2n) is 3.35. The van der Waals surface area contributed by atoms with E-state index >= 15 is 0 Å². The first-order valence-electron chi connectivity index (χ1n) is 4.89. The molecule has 1 aromatic heterocycles. The van der Waals surface area contributed by atoms with Gasteiger partial charge in [-0.3, -0.25) is 9.59 Å². The summed E-state index contributed by atoms with van der Waals surface area (Å²) in [4.78, 5) is 27.4. The number of hydrogen-bond donors (Lipinski definition) is 1. The third-order valence-electron chi connectivity index (χ3n) is 2.01. The van der Waals surface area contributed by atoms with Crippen molar-refractivity contribution in [3.05, 3.63) is 15.6 Å². The zero-order valence-electron chi connectivity index (χ0n) is 9.74. The fourth-order valence-electron chi connectivity index (χ4n) is 1.22. The van der Waals surface area contributed by atoms with Gasteiger partial charge in [0.25, 0.3) is 5.91 Å². The van der Waals surface area contributed by atoms with Crippen molar-refractivity contribution in [3.8, 4) is 0 Å². The van der Waals surface area contributed by atoms with Crippen molar-refractivity contribution >= 4 is 34.8 Å². The van der Waals surface area contributed by atoms with E-state index in [0.29, 0.717) is 10.6 Å². The van der Waals surface area contributed by atoms with Crippen LogP contribution in [0.5, 0.6) is 0 Å². The third kappa shape index (κ3) is 3.67. The molecule has 17 heavy (non-hydrogen) atoms. The standard InChI is InChI=1S/C10H13ClN2O3S/c1-5-8(17-6(2)13-5)9(14)12-4-7(11)10(15)16-3/h7H,4H2,1-3H3,(H,12,14). The molecule has 1 N–H and O–H groups in total. The van der Waals surface area contributed by atoms with E-state index in [1.165, 1.54) is 18.4 Å². The van der Waals surface area contributed by atoms with Crippen LogP contribution in [0, 0.1) is 13.8 Å². The topological polar surface area (TPSA) is 68.3 Å².